The molecule has 1 unspecified atom stereocenters. The first-order chi connectivity index (χ1) is 6.91. The highest BCUT2D eigenvalue weighted by molar-refractivity contribution is 8.00. The zero-order valence-corrected chi connectivity index (χ0v) is 11.2. The van der Waals surface area contributed by atoms with Crippen LogP contribution in [0.1, 0.15) is 40.5 Å². The van der Waals surface area contributed by atoms with Crippen molar-refractivity contribution in [2.75, 3.05) is 18.8 Å². The zero-order valence-electron chi connectivity index (χ0n) is 10.4. The molecule has 0 spiro atoms. The monoisotopic (exact) mass is 229 g/mol. The van der Waals surface area contributed by atoms with Crippen molar-refractivity contribution in [1.82, 2.24) is 4.90 Å². The summed E-state index contributed by atoms with van der Waals surface area (Å²) >= 11 is 2.05. The molecule has 1 atom stereocenters. The Bertz CT molecular complexity index is 228. The molecule has 88 valence electrons. The average molecular weight is 229 g/mol. The maximum atomic E-state index is 11.1. The Morgan fingerprint density at radius 1 is 1.47 bits per heavy atom. The van der Waals surface area contributed by atoms with Gasteiger partial charge in [0, 0.05) is 29.5 Å². The number of rotatable bonds is 3. The van der Waals surface area contributed by atoms with E-state index in [-0.39, 0.29) is 0 Å². The van der Waals surface area contributed by atoms with Gasteiger partial charge >= 0.3 is 0 Å². The molecule has 1 aliphatic rings. The Balaban J connectivity index is 2.46. The molecule has 3 heteroatoms. The Hall–Kier alpha value is -0.0200. The Kier molecular flexibility index (Phi) is 4.65. The highest BCUT2D eigenvalue weighted by Crippen LogP contribution is 2.31. The summed E-state index contributed by atoms with van der Waals surface area (Å²) in [5, 5.41) is 0. The molecule has 0 amide bonds. The maximum Gasteiger partial charge on any atom is 0.131 e. The third kappa shape index (κ3) is 4.56. The van der Waals surface area contributed by atoms with Gasteiger partial charge in [0.1, 0.15) is 5.78 Å². The van der Waals surface area contributed by atoms with Crippen molar-refractivity contribution in [2.24, 2.45) is 0 Å². The van der Waals surface area contributed by atoms with Crippen LogP contribution in [0.3, 0.4) is 0 Å². The molecule has 1 heterocycles. The van der Waals surface area contributed by atoms with Crippen molar-refractivity contribution >= 4 is 17.5 Å². The minimum atomic E-state index is 0.304. The fourth-order valence-electron chi connectivity index (χ4n) is 2.02. The Morgan fingerprint density at radius 2 is 2.13 bits per heavy atom. The van der Waals surface area contributed by atoms with Gasteiger partial charge in [0.05, 0.1) is 0 Å². The van der Waals surface area contributed by atoms with Gasteiger partial charge in [0.15, 0.2) is 0 Å². The van der Waals surface area contributed by atoms with Crippen LogP contribution in [0.15, 0.2) is 0 Å². The number of carbonyl (C=O) groups excluding carboxylic acids is 1. The first-order valence-corrected chi connectivity index (χ1v) is 6.77. The summed E-state index contributed by atoms with van der Waals surface area (Å²) in [5.41, 5.74) is 0. The normalized spacial score (nSPS) is 24.5. The van der Waals surface area contributed by atoms with Gasteiger partial charge in [0.25, 0.3) is 0 Å². The van der Waals surface area contributed by atoms with E-state index < -0.39 is 0 Å². The van der Waals surface area contributed by atoms with E-state index in [4.69, 9.17) is 0 Å². The molecule has 2 nitrogen and oxygen atoms in total. The number of hydrogen-bond donors (Lipinski definition) is 0. The summed E-state index contributed by atoms with van der Waals surface area (Å²) < 4.78 is 0.407. The SMILES string of the molecule is CC(=O)CC(C)N1CCSC(C)(C)CC1. The quantitative estimate of drug-likeness (QED) is 0.742. The molecule has 1 fully saturated rings. The van der Waals surface area contributed by atoms with E-state index in [0.29, 0.717) is 23.0 Å². The van der Waals surface area contributed by atoms with E-state index in [1.54, 1.807) is 6.92 Å². The number of thioether (sulfide) groups is 1. The van der Waals surface area contributed by atoms with Crippen LogP contribution >= 0.6 is 11.8 Å². The predicted molar refractivity (Wildman–Crippen MR) is 67.5 cm³/mol. The molecule has 0 aromatic carbocycles. The Labute approximate surface area is 97.8 Å². The topological polar surface area (TPSA) is 20.3 Å². The van der Waals surface area contributed by atoms with Crippen LogP contribution in [0, 0.1) is 0 Å². The van der Waals surface area contributed by atoms with Gasteiger partial charge in [-0.05, 0) is 26.8 Å². The predicted octanol–water partition coefficient (Wildman–Crippen LogP) is 2.57. The highest BCUT2D eigenvalue weighted by atomic mass is 32.2. The van der Waals surface area contributed by atoms with Gasteiger partial charge in [-0.1, -0.05) is 13.8 Å². The molecule has 0 N–H and O–H groups in total. The molecule has 0 aromatic rings. The van der Waals surface area contributed by atoms with Crippen LogP contribution in [-0.2, 0) is 4.79 Å². The maximum absolute atomic E-state index is 11.1. The zero-order chi connectivity index (χ0) is 11.5. The lowest BCUT2D eigenvalue weighted by Crippen LogP contribution is -2.36. The summed E-state index contributed by atoms with van der Waals surface area (Å²) in [6.45, 7) is 10.8. The minimum Gasteiger partial charge on any atom is -0.300 e. The summed E-state index contributed by atoms with van der Waals surface area (Å²) in [4.78, 5) is 13.5. The molecule has 1 rings (SSSR count). The number of hydrogen-bond acceptors (Lipinski definition) is 3. The van der Waals surface area contributed by atoms with Gasteiger partial charge in [-0.2, -0.15) is 11.8 Å². The number of nitrogens with zero attached hydrogens (tertiary/aromatic N) is 1. The second-order valence-corrected chi connectivity index (χ2v) is 6.95. The van der Waals surface area contributed by atoms with Gasteiger partial charge in [-0.15, -0.1) is 0 Å². The summed E-state index contributed by atoms with van der Waals surface area (Å²) in [5.74, 6) is 1.49. The van der Waals surface area contributed by atoms with Crippen LogP contribution in [0.2, 0.25) is 0 Å². The summed E-state index contributed by atoms with van der Waals surface area (Å²) in [7, 11) is 0. The summed E-state index contributed by atoms with van der Waals surface area (Å²) in [6, 6.07) is 0.414. The summed E-state index contributed by atoms with van der Waals surface area (Å²) in [6.07, 6.45) is 1.92. The third-order valence-electron chi connectivity index (χ3n) is 3.08. The third-order valence-corrected chi connectivity index (χ3v) is 4.45. The van der Waals surface area contributed by atoms with E-state index in [0.717, 1.165) is 13.1 Å². The van der Waals surface area contributed by atoms with E-state index in [9.17, 15) is 4.79 Å². The van der Waals surface area contributed by atoms with Crippen molar-refractivity contribution in [3.8, 4) is 0 Å². The van der Waals surface area contributed by atoms with E-state index in [2.05, 4.69) is 37.4 Å². The first kappa shape index (κ1) is 13.0. The van der Waals surface area contributed by atoms with Crippen molar-refractivity contribution in [1.29, 1.82) is 0 Å². The van der Waals surface area contributed by atoms with Crippen LogP contribution in [0.4, 0.5) is 0 Å². The van der Waals surface area contributed by atoms with E-state index in [1.807, 2.05) is 0 Å². The standard InChI is InChI=1S/C12H23NOS/c1-10(9-11(2)14)13-6-5-12(3,4)15-8-7-13/h10H,5-9H2,1-4H3. The van der Waals surface area contributed by atoms with Crippen LogP contribution in [0.25, 0.3) is 0 Å². The van der Waals surface area contributed by atoms with Gasteiger partial charge in [-0.3, -0.25) is 9.69 Å². The molecular weight excluding hydrogens is 206 g/mol. The molecule has 0 bridgehead atoms. The minimum absolute atomic E-state index is 0.304. The van der Waals surface area contributed by atoms with Crippen LogP contribution in [-0.4, -0.2) is 40.3 Å². The average Bonchev–Trinajstić information content (AvgIpc) is 2.25. The molecular formula is C12H23NOS. The number of ketones is 1. The van der Waals surface area contributed by atoms with Gasteiger partial charge in [0.2, 0.25) is 0 Å². The van der Waals surface area contributed by atoms with Crippen molar-refractivity contribution in [2.45, 2.75) is 51.3 Å². The molecule has 0 saturated carbocycles. The fourth-order valence-corrected chi connectivity index (χ4v) is 3.14. The number of Topliss-reactive ketones (excluding diaryl/α,β-unsaturated/α-hetero) is 1. The van der Waals surface area contributed by atoms with Crippen LogP contribution < -0.4 is 0 Å². The lowest BCUT2D eigenvalue weighted by Gasteiger charge is -2.27. The molecule has 0 aliphatic carbocycles. The second kappa shape index (κ2) is 5.35. The van der Waals surface area contributed by atoms with Crippen molar-refractivity contribution in [3.05, 3.63) is 0 Å². The molecule has 1 saturated heterocycles. The van der Waals surface area contributed by atoms with E-state index in [1.165, 1.54) is 12.2 Å². The molecule has 0 aromatic heterocycles. The molecule has 1 aliphatic heterocycles. The second-order valence-electron chi connectivity index (χ2n) is 5.15. The van der Waals surface area contributed by atoms with Gasteiger partial charge in [-0.25, -0.2) is 0 Å². The molecule has 15 heavy (non-hydrogen) atoms. The Morgan fingerprint density at radius 3 is 2.73 bits per heavy atom. The van der Waals surface area contributed by atoms with Crippen molar-refractivity contribution in [3.63, 3.8) is 0 Å². The first-order valence-electron chi connectivity index (χ1n) is 5.78. The lowest BCUT2D eigenvalue weighted by atomic mass is 10.1. The van der Waals surface area contributed by atoms with Gasteiger partial charge < -0.3 is 0 Å². The largest absolute Gasteiger partial charge is 0.300 e. The fraction of sp³-hybridized carbons (Fsp3) is 0.917. The van der Waals surface area contributed by atoms with Crippen molar-refractivity contribution < 1.29 is 4.79 Å². The number of carbonyl (C=O) groups is 1. The lowest BCUT2D eigenvalue weighted by molar-refractivity contribution is -0.118. The highest BCUT2D eigenvalue weighted by Gasteiger charge is 2.25. The van der Waals surface area contributed by atoms with Crippen LogP contribution in [0.5, 0.6) is 0 Å². The van der Waals surface area contributed by atoms with E-state index >= 15 is 0 Å². The molecule has 0 radical (unpaired) electrons. The smallest absolute Gasteiger partial charge is 0.131 e.